The fourth-order valence-corrected chi connectivity index (χ4v) is 4.30. The summed E-state index contributed by atoms with van der Waals surface area (Å²) in [6.07, 6.45) is 6.06. The van der Waals surface area contributed by atoms with E-state index < -0.39 is 23.3 Å². The molecule has 1 saturated heterocycles. The number of aliphatic hydroxyl groups is 1. The average Bonchev–Trinajstić information content (AvgIpc) is 3.40. The van der Waals surface area contributed by atoms with E-state index in [1.807, 2.05) is 0 Å². The standard InChI is InChI=1S/C19H30O6/c1-13-12-15(6-5-7-17(22)23-3)25-19(24-4,14(13)2)18(9-10-18)16(21)8-11-20/h5,7,11,13-16,21H,6,8-10,12H2,1-4H3/b7-5+/t13-,14-,15+,16+,19+/m1/s1. The van der Waals surface area contributed by atoms with Gasteiger partial charge in [0.15, 0.2) is 5.79 Å². The van der Waals surface area contributed by atoms with Crippen molar-refractivity contribution < 1.29 is 28.9 Å². The number of hydrogen-bond donors (Lipinski definition) is 1. The maximum atomic E-state index is 11.2. The molecule has 0 unspecified atom stereocenters. The lowest BCUT2D eigenvalue weighted by molar-refractivity contribution is -0.348. The molecule has 2 fully saturated rings. The minimum atomic E-state index is -0.920. The predicted molar refractivity (Wildman–Crippen MR) is 91.7 cm³/mol. The van der Waals surface area contributed by atoms with Crippen LogP contribution < -0.4 is 0 Å². The normalized spacial score (nSPS) is 35.3. The van der Waals surface area contributed by atoms with Gasteiger partial charge in [0.05, 0.1) is 24.7 Å². The number of hydrogen-bond acceptors (Lipinski definition) is 6. The maximum Gasteiger partial charge on any atom is 0.330 e. The largest absolute Gasteiger partial charge is 0.466 e. The van der Waals surface area contributed by atoms with E-state index in [1.54, 1.807) is 13.2 Å². The fourth-order valence-electron chi connectivity index (χ4n) is 4.30. The van der Waals surface area contributed by atoms with Crippen molar-refractivity contribution in [1.29, 1.82) is 0 Å². The number of aliphatic hydroxyl groups excluding tert-OH is 1. The third-order valence-corrected chi connectivity index (χ3v) is 6.03. The van der Waals surface area contributed by atoms with Gasteiger partial charge in [0, 0.05) is 25.5 Å². The molecule has 1 saturated carbocycles. The van der Waals surface area contributed by atoms with Crippen LogP contribution >= 0.6 is 0 Å². The van der Waals surface area contributed by atoms with E-state index in [1.165, 1.54) is 13.2 Å². The van der Waals surface area contributed by atoms with E-state index in [0.717, 1.165) is 25.5 Å². The smallest absolute Gasteiger partial charge is 0.330 e. The maximum absolute atomic E-state index is 11.2. The Balaban J connectivity index is 2.21. The van der Waals surface area contributed by atoms with E-state index in [4.69, 9.17) is 9.47 Å². The van der Waals surface area contributed by atoms with Gasteiger partial charge in [0.25, 0.3) is 0 Å². The van der Waals surface area contributed by atoms with Gasteiger partial charge in [-0.2, -0.15) is 0 Å². The Morgan fingerprint density at radius 3 is 2.56 bits per heavy atom. The topological polar surface area (TPSA) is 82.1 Å². The molecule has 1 N–H and O–H groups in total. The van der Waals surface area contributed by atoms with Crippen molar-refractivity contribution >= 4 is 12.3 Å². The number of esters is 1. The molecular weight excluding hydrogens is 324 g/mol. The molecule has 0 bridgehead atoms. The van der Waals surface area contributed by atoms with Crippen LogP contribution in [0.5, 0.6) is 0 Å². The van der Waals surface area contributed by atoms with Crippen LogP contribution in [-0.4, -0.2) is 49.6 Å². The summed E-state index contributed by atoms with van der Waals surface area (Å²) in [5, 5.41) is 10.6. The number of carbonyl (C=O) groups excluding carboxylic acids is 2. The second-order valence-corrected chi connectivity index (χ2v) is 7.35. The summed E-state index contributed by atoms with van der Waals surface area (Å²) in [4.78, 5) is 22.2. The molecule has 5 atom stereocenters. The van der Waals surface area contributed by atoms with Crippen LogP contribution in [0, 0.1) is 17.3 Å². The van der Waals surface area contributed by atoms with Gasteiger partial charge in [-0.1, -0.05) is 19.9 Å². The van der Waals surface area contributed by atoms with Gasteiger partial charge in [-0.25, -0.2) is 4.79 Å². The Morgan fingerprint density at radius 2 is 2.04 bits per heavy atom. The van der Waals surface area contributed by atoms with Gasteiger partial charge >= 0.3 is 5.97 Å². The number of carbonyl (C=O) groups is 2. The van der Waals surface area contributed by atoms with Crippen LogP contribution in [0.4, 0.5) is 0 Å². The van der Waals surface area contributed by atoms with Gasteiger partial charge in [-0.3, -0.25) is 0 Å². The summed E-state index contributed by atoms with van der Waals surface area (Å²) < 4.78 is 16.9. The minimum Gasteiger partial charge on any atom is -0.466 e. The third-order valence-electron chi connectivity index (χ3n) is 6.03. The number of rotatable bonds is 8. The first-order valence-corrected chi connectivity index (χ1v) is 8.96. The molecule has 0 radical (unpaired) electrons. The predicted octanol–water partition coefficient (Wildman–Crippen LogP) is 2.24. The van der Waals surface area contributed by atoms with Crippen molar-refractivity contribution in [1.82, 2.24) is 0 Å². The van der Waals surface area contributed by atoms with Gasteiger partial charge in [0.1, 0.15) is 6.29 Å². The summed E-state index contributed by atoms with van der Waals surface area (Å²) in [5.41, 5.74) is -0.541. The van der Waals surface area contributed by atoms with E-state index in [0.29, 0.717) is 12.3 Å². The highest BCUT2D eigenvalue weighted by molar-refractivity contribution is 5.81. The van der Waals surface area contributed by atoms with Crippen LogP contribution in [0.25, 0.3) is 0 Å². The molecule has 25 heavy (non-hydrogen) atoms. The first kappa shape index (κ1) is 20.1. The van der Waals surface area contributed by atoms with Crippen molar-refractivity contribution in [2.75, 3.05) is 14.2 Å². The second kappa shape index (κ2) is 7.98. The number of ether oxygens (including phenoxy) is 3. The molecular formula is C19H30O6. The van der Waals surface area contributed by atoms with E-state index in [9.17, 15) is 14.7 Å². The van der Waals surface area contributed by atoms with Gasteiger partial charge in [-0.15, -0.1) is 0 Å². The van der Waals surface area contributed by atoms with Crippen LogP contribution in [-0.2, 0) is 23.8 Å². The molecule has 0 aromatic carbocycles. The Kier molecular flexibility index (Phi) is 6.40. The highest BCUT2D eigenvalue weighted by Gasteiger charge is 2.69. The minimum absolute atomic E-state index is 0.0853. The molecule has 142 valence electrons. The first-order chi connectivity index (χ1) is 11.9. The molecule has 6 heteroatoms. The Bertz CT molecular complexity index is 512. The zero-order valence-corrected chi connectivity index (χ0v) is 15.6. The number of methoxy groups -OCH3 is 2. The summed E-state index contributed by atoms with van der Waals surface area (Å²) in [7, 11) is 2.96. The lowest BCUT2D eigenvalue weighted by Gasteiger charge is -2.53. The molecule has 6 nitrogen and oxygen atoms in total. The highest BCUT2D eigenvalue weighted by atomic mass is 16.7. The van der Waals surface area contributed by atoms with Crippen LogP contribution in [0.3, 0.4) is 0 Å². The fraction of sp³-hybridized carbons (Fsp3) is 0.789. The van der Waals surface area contributed by atoms with Crippen molar-refractivity contribution in [3.8, 4) is 0 Å². The summed E-state index contributed by atoms with van der Waals surface area (Å²) in [6, 6.07) is 0. The van der Waals surface area contributed by atoms with Gasteiger partial charge in [-0.05, 0) is 31.6 Å². The first-order valence-electron chi connectivity index (χ1n) is 8.96. The zero-order chi connectivity index (χ0) is 18.7. The monoisotopic (exact) mass is 354 g/mol. The summed E-state index contributed by atoms with van der Waals surface area (Å²) >= 11 is 0. The van der Waals surface area contributed by atoms with Crippen molar-refractivity contribution in [2.24, 2.45) is 17.3 Å². The molecule has 0 amide bonds. The lowest BCUT2D eigenvalue weighted by atomic mass is 9.71. The van der Waals surface area contributed by atoms with E-state index in [-0.39, 0.29) is 18.4 Å². The molecule has 1 aliphatic heterocycles. The van der Waals surface area contributed by atoms with Crippen molar-refractivity contribution in [3.05, 3.63) is 12.2 Å². The van der Waals surface area contributed by atoms with Gasteiger partial charge < -0.3 is 24.1 Å². The molecule has 1 heterocycles. The molecule has 2 rings (SSSR count). The SMILES string of the molecule is COC(=O)/C=C/C[C@H]1C[C@@H](C)[C@@H](C)[C@@](OC)(C2([C@@H](O)CC=O)CC2)O1. The molecule has 0 aromatic heterocycles. The van der Waals surface area contributed by atoms with Crippen molar-refractivity contribution in [2.45, 2.75) is 63.9 Å². The lowest BCUT2D eigenvalue weighted by Crippen LogP contribution is -2.60. The van der Waals surface area contributed by atoms with Crippen LogP contribution in [0.15, 0.2) is 12.2 Å². The Hall–Kier alpha value is -1.24. The van der Waals surface area contributed by atoms with Crippen LogP contribution in [0.1, 0.15) is 46.0 Å². The Labute approximate surface area is 149 Å². The molecule has 1 aliphatic carbocycles. The zero-order valence-electron chi connectivity index (χ0n) is 15.6. The summed E-state index contributed by atoms with van der Waals surface area (Å²) in [6.45, 7) is 4.24. The molecule has 0 aromatic rings. The summed E-state index contributed by atoms with van der Waals surface area (Å²) in [5.74, 6) is -0.903. The molecule has 0 spiro atoms. The third kappa shape index (κ3) is 3.66. The van der Waals surface area contributed by atoms with Gasteiger partial charge in [0.2, 0.25) is 0 Å². The molecule has 2 aliphatic rings. The van der Waals surface area contributed by atoms with E-state index >= 15 is 0 Å². The Morgan fingerprint density at radius 1 is 1.36 bits per heavy atom. The van der Waals surface area contributed by atoms with Crippen LogP contribution in [0.2, 0.25) is 0 Å². The second-order valence-electron chi connectivity index (χ2n) is 7.35. The highest BCUT2D eigenvalue weighted by Crippen LogP contribution is 2.64. The number of aldehydes is 1. The quantitative estimate of drug-likeness (QED) is 0.409. The van der Waals surface area contributed by atoms with Crippen molar-refractivity contribution in [3.63, 3.8) is 0 Å². The average molecular weight is 354 g/mol. The van der Waals surface area contributed by atoms with E-state index in [2.05, 4.69) is 18.6 Å².